The normalized spacial score (nSPS) is 16.7. The van der Waals surface area contributed by atoms with Gasteiger partial charge in [-0.05, 0) is 56.4 Å². The monoisotopic (exact) mass is 310 g/mol. The third-order valence-corrected chi connectivity index (χ3v) is 3.84. The zero-order chi connectivity index (χ0) is 13.1. The van der Waals surface area contributed by atoms with E-state index < -0.39 is 0 Å². The Labute approximate surface area is 119 Å². The zero-order valence-electron chi connectivity index (χ0n) is 11.3. The SMILES string of the molecule is CCCN(c1ccc(Br)cc1CC(C)N)C1CC1. The smallest absolute Gasteiger partial charge is 0.0402 e. The quantitative estimate of drug-likeness (QED) is 0.867. The minimum Gasteiger partial charge on any atom is -0.368 e. The lowest BCUT2D eigenvalue weighted by Gasteiger charge is -2.27. The molecule has 3 heteroatoms. The molecule has 1 aromatic rings. The van der Waals surface area contributed by atoms with Crippen molar-refractivity contribution in [3.63, 3.8) is 0 Å². The van der Waals surface area contributed by atoms with Gasteiger partial charge in [-0.3, -0.25) is 0 Å². The van der Waals surface area contributed by atoms with Crippen LogP contribution in [0.3, 0.4) is 0 Å². The van der Waals surface area contributed by atoms with Crippen LogP contribution in [0, 0.1) is 0 Å². The first-order chi connectivity index (χ1) is 8.61. The summed E-state index contributed by atoms with van der Waals surface area (Å²) in [6.45, 7) is 5.48. The van der Waals surface area contributed by atoms with Crippen molar-refractivity contribution < 1.29 is 0 Å². The van der Waals surface area contributed by atoms with E-state index in [2.05, 4.69) is 52.9 Å². The van der Waals surface area contributed by atoms with Crippen LogP contribution >= 0.6 is 15.9 Å². The Morgan fingerprint density at radius 1 is 1.44 bits per heavy atom. The largest absolute Gasteiger partial charge is 0.368 e. The topological polar surface area (TPSA) is 29.3 Å². The molecule has 1 aliphatic carbocycles. The molecule has 2 rings (SSSR count). The molecule has 0 saturated heterocycles. The highest BCUT2D eigenvalue weighted by atomic mass is 79.9. The summed E-state index contributed by atoms with van der Waals surface area (Å²) in [6.07, 6.45) is 4.83. The van der Waals surface area contributed by atoms with Crippen molar-refractivity contribution in [1.82, 2.24) is 0 Å². The first-order valence-electron chi connectivity index (χ1n) is 6.92. The van der Waals surface area contributed by atoms with E-state index in [0.717, 1.165) is 23.5 Å². The molecule has 0 heterocycles. The minimum absolute atomic E-state index is 0.209. The Morgan fingerprint density at radius 3 is 2.72 bits per heavy atom. The van der Waals surface area contributed by atoms with Crippen molar-refractivity contribution >= 4 is 21.6 Å². The molecule has 0 spiro atoms. The second-order valence-corrected chi connectivity index (χ2v) is 6.29. The van der Waals surface area contributed by atoms with Crippen LogP contribution in [0.2, 0.25) is 0 Å². The molecule has 0 aliphatic heterocycles. The van der Waals surface area contributed by atoms with Gasteiger partial charge in [-0.15, -0.1) is 0 Å². The van der Waals surface area contributed by atoms with E-state index in [9.17, 15) is 0 Å². The van der Waals surface area contributed by atoms with Crippen molar-refractivity contribution in [3.05, 3.63) is 28.2 Å². The van der Waals surface area contributed by atoms with E-state index in [0.29, 0.717) is 0 Å². The van der Waals surface area contributed by atoms with E-state index in [4.69, 9.17) is 5.73 Å². The molecule has 1 aromatic carbocycles. The molecule has 1 saturated carbocycles. The number of benzene rings is 1. The number of hydrogen-bond donors (Lipinski definition) is 1. The van der Waals surface area contributed by atoms with Crippen molar-refractivity contribution in [2.24, 2.45) is 5.73 Å². The average Bonchev–Trinajstić information content (AvgIpc) is 3.10. The summed E-state index contributed by atoms with van der Waals surface area (Å²) < 4.78 is 1.15. The molecule has 0 radical (unpaired) electrons. The summed E-state index contributed by atoms with van der Waals surface area (Å²) in [5.41, 5.74) is 8.74. The van der Waals surface area contributed by atoms with Gasteiger partial charge in [0.05, 0.1) is 0 Å². The second-order valence-electron chi connectivity index (χ2n) is 5.38. The van der Waals surface area contributed by atoms with Gasteiger partial charge in [0.15, 0.2) is 0 Å². The Bertz CT molecular complexity index is 399. The summed E-state index contributed by atoms with van der Waals surface area (Å²) in [5, 5.41) is 0. The van der Waals surface area contributed by atoms with E-state index in [1.165, 1.54) is 30.5 Å². The molecular formula is C15H23BrN2. The molecular weight excluding hydrogens is 288 g/mol. The summed E-state index contributed by atoms with van der Waals surface area (Å²) in [7, 11) is 0. The Hall–Kier alpha value is -0.540. The predicted octanol–water partition coefficient (Wildman–Crippen LogP) is 3.72. The number of anilines is 1. The first-order valence-corrected chi connectivity index (χ1v) is 7.71. The van der Waals surface area contributed by atoms with Crippen LogP contribution in [0.15, 0.2) is 22.7 Å². The van der Waals surface area contributed by atoms with E-state index in [-0.39, 0.29) is 6.04 Å². The van der Waals surface area contributed by atoms with Gasteiger partial charge in [0.2, 0.25) is 0 Å². The molecule has 1 fully saturated rings. The summed E-state index contributed by atoms with van der Waals surface area (Å²) in [4.78, 5) is 2.57. The maximum atomic E-state index is 5.98. The molecule has 0 bridgehead atoms. The van der Waals surface area contributed by atoms with Gasteiger partial charge in [0.25, 0.3) is 0 Å². The predicted molar refractivity (Wildman–Crippen MR) is 82.2 cm³/mol. The molecule has 1 aliphatic rings. The van der Waals surface area contributed by atoms with Crippen molar-refractivity contribution in [2.75, 3.05) is 11.4 Å². The van der Waals surface area contributed by atoms with E-state index >= 15 is 0 Å². The van der Waals surface area contributed by atoms with Crippen LogP contribution in [0.4, 0.5) is 5.69 Å². The Morgan fingerprint density at radius 2 is 2.17 bits per heavy atom. The minimum atomic E-state index is 0.209. The van der Waals surface area contributed by atoms with Gasteiger partial charge in [0, 0.05) is 28.8 Å². The molecule has 18 heavy (non-hydrogen) atoms. The molecule has 100 valence electrons. The number of nitrogens with zero attached hydrogens (tertiary/aromatic N) is 1. The molecule has 1 atom stereocenters. The zero-order valence-corrected chi connectivity index (χ0v) is 12.9. The Kier molecular flexibility index (Phi) is 4.68. The molecule has 0 aromatic heterocycles. The highest BCUT2D eigenvalue weighted by Crippen LogP contribution is 2.35. The Balaban J connectivity index is 2.28. The van der Waals surface area contributed by atoms with Gasteiger partial charge in [0.1, 0.15) is 0 Å². The van der Waals surface area contributed by atoms with Crippen LogP contribution in [-0.4, -0.2) is 18.6 Å². The van der Waals surface area contributed by atoms with Crippen LogP contribution in [0.25, 0.3) is 0 Å². The number of hydrogen-bond acceptors (Lipinski definition) is 2. The molecule has 0 amide bonds. The lowest BCUT2D eigenvalue weighted by Crippen LogP contribution is -2.28. The number of rotatable bonds is 6. The highest BCUT2D eigenvalue weighted by Gasteiger charge is 2.29. The van der Waals surface area contributed by atoms with E-state index in [1.54, 1.807) is 0 Å². The first kappa shape index (κ1) is 13.9. The standard InChI is InChI=1S/C15H23BrN2/c1-3-8-18(14-5-6-14)15-7-4-13(16)10-12(15)9-11(2)17/h4,7,10-11,14H,3,5-6,8-9,17H2,1-2H3. The van der Waals surface area contributed by atoms with Gasteiger partial charge >= 0.3 is 0 Å². The number of nitrogens with two attached hydrogens (primary N) is 1. The van der Waals surface area contributed by atoms with Gasteiger partial charge < -0.3 is 10.6 Å². The molecule has 1 unspecified atom stereocenters. The van der Waals surface area contributed by atoms with Crippen LogP contribution in [-0.2, 0) is 6.42 Å². The van der Waals surface area contributed by atoms with Crippen LogP contribution in [0.5, 0.6) is 0 Å². The fourth-order valence-electron chi connectivity index (χ4n) is 2.47. The average molecular weight is 311 g/mol. The number of halogens is 1. The lowest BCUT2D eigenvalue weighted by atomic mass is 10.0. The molecule has 2 nitrogen and oxygen atoms in total. The van der Waals surface area contributed by atoms with Crippen molar-refractivity contribution in [3.8, 4) is 0 Å². The van der Waals surface area contributed by atoms with Crippen LogP contribution in [0.1, 0.15) is 38.7 Å². The van der Waals surface area contributed by atoms with Gasteiger partial charge in [-0.1, -0.05) is 22.9 Å². The fourth-order valence-corrected chi connectivity index (χ4v) is 2.88. The van der Waals surface area contributed by atoms with Crippen LogP contribution < -0.4 is 10.6 Å². The second kappa shape index (κ2) is 6.07. The van der Waals surface area contributed by atoms with Crippen molar-refractivity contribution in [2.45, 2.75) is 51.6 Å². The maximum Gasteiger partial charge on any atom is 0.0402 e. The van der Waals surface area contributed by atoms with Crippen molar-refractivity contribution in [1.29, 1.82) is 0 Å². The van der Waals surface area contributed by atoms with E-state index in [1.807, 2.05) is 0 Å². The third-order valence-electron chi connectivity index (χ3n) is 3.35. The fraction of sp³-hybridized carbons (Fsp3) is 0.600. The summed E-state index contributed by atoms with van der Waals surface area (Å²) >= 11 is 3.57. The maximum absolute atomic E-state index is 5.98. The third kappa shape index (κ3) is 3.48. The molecule has 2 N–H and O–H groups in total. The highest BCUT2D eigenvalue weighted by molar-refractivity contribution is 9.10. The lowest BCUT2D eigenvalue weighted by molar-refractivity contribution is 0.718. The van der Waals surface area contributed by atoms with Gasteiger partial charge in [-0.25, -0.2) is 0 Å². The summed E-state index contributed by atoms with van der Waals surface area (Å²) in [5.74, 6) is 0. The summed E-state index contributed by atoms with van der Waals surface area (Å²) in [6, 6.07) is 7.59. The van der Waals surface area contributed by atoms with Gasteiger partial charge in [-0.2, -0.15) is 0 Å².